The molecule has 1 aromatic rings. The van der Waals surface area contributed by atoms with Crippen molar-refractivity contribution in [2.24, 2.45) is 0 Å². The van der Waals surface area contributed by atoms with Crippen molar-refractivity contribution in [1.82, 2.24) is 5.32 Å². The van der Waals surface area contributed by atoms with E-state index in [4.69, 9.17) is 9.47 Å². The summed E-state index contributed by atoms with van der Waals surface area (Å²) in [5.41, 5.74) is -0.102. The average Bonchev–Trinajstić information content (AvgIpc) is 2.40. The molecule has 7 heteroatoms. The van der Waals surface area contributed by atoms with Crippen molar-refractivity contribution in [3.63, 3.8) is 0 Å². The highest BCUT2D eigenvalue weighted by atomic mass is 16.6. The van der Waals surface area contributed by atoms with Crippen molar-refractivity contribution < 1.29 is 23.9 Å². The van der Waals surface area contributed by atoms with Gasteiger partial charge in [-0.2, -0.15) is 0 Å². The van der Waals surface area contributed by atoms with Crippen molar-refractivity contribution in [3.05, 3.63) is 24.3 Å². The number of nitrogens with one attached hydrogen (secondary N) is 2. The van der Waals surface area contributed by atoms with Gasteiger partial charge in [0.05, 0.1) is 0 Å². The second kappa shape index (κ2) is 6.68. The molecular weight excluding hydrogens is 300 g/mol. The molecule has 0 spiro atoms. The van der Waals surface area contributed by atoms with E-state index >= 15 is 0 Å². The predicted molar refractivity (Wildman–Crippen MR) is 83.1 cm³/mol. The number of amides is 3. The predicted octanol–water partition coefficient (Wildman–Crippen LogP) is 2.22. The molecule has 1 aliphatic heterocycles. The number of piperidine rings is 1. The summed E-state index contributed by atoms with van der Waals surface area (Å²) in [5, 5.41) is 4.83. The minimum atomic E-state index is -0.718. The summed E-state index contributed by atoms with van der Waals surface area (Å²) in [4.78, 5) is 34.5. The molecule has 0 saturated carbocycles. The fourth-order valence-corrected chi connectivity index (χ4v) is 2.02. The molecule has 0 aromatic heterocycles. The fourth-order valence-electron chi connectivity index (χ4n) is 2.02. The van der Waals surface area contributed by atoms with Gasteiger partial charge in [-0.15, -0.1) is 0 Å². The van der Waals surface area contributed by atoms with Gasteiger partial charge in [-0.25, -0.2) is 4.79 Å². The van der Waals surface area contributed by atoms with Gasteiger partial charge in [0.2, 0.25) is 5.91 Å². The summed E-state index contributed by atoms with van der Waals surface area (Å²) in [7, 11) is 0. The topological polar surface area (TPSA) is 93.7 Å². The Morgan fingerprint density at radius 1 is 1.30 bits per heavy atom. The lowest BCUT2D eigenvalue weighted by molar-refractivity contribution is -0.138. The zero-order chi connectivity index (χ0) is 17.0. The van der Waals surface area contributed by atoms with Crippen molar-refractivity contribution in [2.75, 3.05) is 5.32 Å². The molecule has 1 aliphatic rings. The molecule has 23 heavy (non-hydrogen) atoms. The summed E-state index contributed by atoms with van der Waals surface area (Å²) in [6.45, 7) is 5.32. The highest BCUT2D eigenvalue weighted by Gasteiger charge is 2.28. The lowest BCUT2D eigenvalue weighted by atomic mass is 10.1. The van der Waals surface area contributed by atoms with Crippen LogP contribution in [0.4, 0.5) is 10.5 Å². The van der Waals surface area contributed by atoms with E-state index in [0.29, 0.717) is 17.9 Å². The number of hydrogen-bond donors (Lipinski definition) is 2. The van der Waals surface area contributed by atoms with E-state index in [1.165, 1.54) is 0 Å². The second-order valence-corrected chi connectivity index (χ2v) is 6.21. The second-order valence-electron chi connectivity index (χ2n) is 6.21. The summed E-state index contributed by atoms with van der Waals surface area (Å²) in [5.74, 6) is -0.324. The highest BCUT2D eigenvalue weighted by molar-refractivity contribution is 5.99. The Morgan fingerprint density at radius 3 is 2.70 bits per heavy atom. The molecule has 3 amide bonds. The minimum Gasteiger partial charge on any atom is -0.481 e. The lowest BCUT2D eigenvalue weighted by Gasteiger charge is -2.22. The van der Waals surface area contributed by atoms with Crippen molar-refractivity contribution in [2.45, 2.75) is 45.3 Å². The number of carbonyl (C=O) groups is 3. The molecule has 1 unspecified atom stereocenters. The fraction of sp³-hybridized carbons (Fsp3) is 0.438. The molecule has 1 fully saturated rings. The number of benzene rings is 1. The lowest BCUT2D eigenvalue weighted by Crippen LogP contribution is -2.46. The van der Waals surface area contributed by atoms with Gasteiger partial charge in [-0.1, -0.05) is 6.07 Å². The first-order valence-electron chi connectivity index (χ1n) is 7.33. The summed E-state index contributed by atoms with van der Waals surface area (Å²) in [6, 6.07) is 6.63. The van der Waals surface area contributed by atoms with Crippen LogP contribution in [-0.2, 0) is 14.3 Å². The Morgan fingerprint density at radius 2 is 2.04 bits per heavy atom. The van der Waals surface area contributed by atoms with Crippen LogP contribution in [0.2, 0.25) is 0 Å². The quantitative estimate of drug-likeness (QED) is 0.833. The monoisotopic (exact) mass is 320 g/mol. The number of hydrogen-bond acceptors (Lipinski definition) is 5. The molecule has 1 saturated heterocycles. The van der Waals surface area contributed by atoms with E-state index in [1.54, 1.807) is 45.0 Å². The Hall–Kier alpha value is -2.57. The third kappa shape index (κ3) is 5.28. The van der Waals surface area contributed by atoms with E-state index in [9.17, 15) is 14.4 Å². The van der Waals surface area contributed by atoms with Gasteiger partial charge in [0.25, 0.3) is 5.91 Å². The minimum absolute atomic E-state index is 0.242. The van der Waals surface area contributed by atoms with E-state index in [0.717, 1.165) is 0 Å². The molecule has 0 bridgehead atoms. The molecule has 124 valence electrons. The Labute approximate surface area is 134 Å². The standard InChI is InChI=1S/C16H20N2O5/c1-16(2,3)23-15(21)17-10-5-4-6-11(9-10)22-12-7-8-13(19)18-14(12)20/h4-6,9,12H,7-8H2,1-3H3,(H,17,21)(H,18,19,20). The summed E-state index contributed by atoms with van der Waals surface area (Å²) in [6.07, 6.45) is -0.721. The van der Waals surface area contributed by atoms with Gasteiger partial charge >= 0.3 is 6.09 Å². The maximum Gasteiger partial charge on any atom is 0.412 e. The van der Waals surface area contributed by atoms with Gasteiger partial charge in [0.1, 0.15) is 11.4 Å². The van der Waals surface area contributed by atoms with E-state index in [-0.39, 0.29) is 12.3 Å². The Balaban J connectivity index is 1.98. The Bertz CT molecular complexity index is 621. The molecule has 1 aromatic carbocycles. The first kappa shape index (κ1) is 16.8. The number of carbonyl (C=O) groups excluding carboxylic acids is 3. The van der Waals surface area contributed by atoms with Crippen molar-refractivity contribution in [1.29, 1.82) is 0 Å². The van der Waals surface area contributed by atoms with Crippen LogP contribution in [0.5, 0.6) is 5.75 Å². The molecule has 0 radical (unpaired) electrons. The zero-order valence-electron chi connectivity index (χ0n) is 13.3. The van der Waals surface area contributed by atoms with E-state index in [1.807, 2.05) is 0 Å². The van der Waals surface area contributed by atoms with Crippen LogP contribution in [0, 0.1) is 0 Å². The average molecular weight is 320 g/mol. The van der Waals surface area contributed by atoms with Gasteiger partial charge in [0, 0.05) is 24.6 Å². The molecule has 2 rings (SSSR count). The van der Waals surface area contributed by atoms with Gasteiger partial charge in [-0.3, -0.25) is 20.2 Å². The van der Waals surface area contributed by atoms with Gasteiger partial charge in [0.15, 0.2) is 6.10 Å². The summed E-state index contributed by atoms with van der Waals surface area (Å²) >= 11 is 0. The normalized spacial score (nSPS) is 18.1. The highest BCUT2D eigenvalue weighted by Crippen LogP contribution is 2.21. The first-order valence-corrected chi connectivity index (χ1v) is 7.33. The zero-order valence-corrected chi connectivity index (χ0v) is 13.3. The first-order chi connectivity index (χ1) is 10.7. The smallest absolute Gasteiger partial charge is 0.412 e. The van der Waals surface area contributed by atoms with Crippen molar-refractivity contribution in [3.8, 4) is 5.75 Å². The largest absolute Gasteiger partial charge is 0.481 e. The number of imide groups is 1. The molecule has 7 nitrogen and oxygen atoms in total. The number of ether oxygens (including phenoxy) is 2. The van der Waals surface area contributed by atoms with Gasteiger partial charge < -0.3 is 9.47 Å². The van der Waals surface area contributed by atoms with Crippen LogP contribution in [-0.4, -0.2) is 29.6 Å². The van der Waals surface area contributed by atoms with Crippen LogP contribution < -0.4 is 15.4 Å². The SMILES string of the molecule is CC(C)(C)OC(=O)Nc1cccc(OC2CCC(=O)NC2=O)c1. The number of rotatable bonds is 3. The van der Waals surface area contributed by atoms with E-state index in [2.05, 4.69) is 10.6 Å². The molecular formula is C16H20N2O5. The maximum atomic E-state index is 11.7. The molecule has 2 N–H and O–H groups in total. The van der Waals surface area contributed by atoms with E-state index < -0.39 is 23.7 Å². The molecule has 0 aliphatic carbocycles. The maximum absolute atomic E-state index is 11.7. The van der Waals surface area contributed by atoms with Crippen LogP contribution in [0.3, 0.4) is 0 Å². The Kier molecular flexibility index (Phi) is 4.88. The van der Waals surface area contributed by atoms with Gasteiger partial charge in [-0.05, 0) is 32.9 Å². The van der Waals surface area contributed by atoms with Crippen molar-refractivity contribution >= 4 is 23.6 Å². The third-order valence-corrected chi connectivity index (χ3v) is 2.95. The number of anilines is 1. The van der Waals surface area contributed by atoms with Crippen LogP contribution in [0.15, 0.2) is 24.3 Å². The summed E-state index contributed by atoms with van der Waals surface area (Å²) < 4.78 is 10.8. The van der Waals surface area contributed by atoms with Crippen LogP contribution in [0.25, 0.3) is 0 Å². The van der Waals surface area contributed by atoms with Crippen LogP contribution in [0.1, 0.15) is 33.6 Å². The molecule has 1 heterocycles. The van der Waals surface area contributed by atoms with Crippen LogP contribution >= 0.6 is 0 Å². The molecule has 1 atom stereocenters. The third-order valence-electron chi connectivity index (χ3n) is 2.95.